The molecule has 0 radical (unpaired) electrons. The quantitative estimate of drug-likeness (QED) is 0.494. The summed E-state index contributed by atoms with van der Waals surface area (Å²) >= 11 is 1.67. The fourth-order valence-corrected chi connectivity index (χ4v) is 3.72. The van der Waals surface area contributed by atoms with Crippen LogP contribution in [0.1, 0.15) is 16.1 Å². The van der Waals surface area contributed by atoms with E-state index in [0.717, 1.165) is 38.9 Å². The molecule has 0 aliphatic carbocycles. The topological polar surface area (TPSA) is 48.0 Å². The highest BCUT2D eigenvalue weighted by molar-refractivity contribution is 7.98. The van der Waals surface area contributed by atoms with Crippen molar-refractivity contribution in [1.29, 1.82) is 0 Å². The molecule has 3 aromatic rings. The Morgan fingerprint density at radius 1 is 1.27 bits per heavy atom. The van der Waals surface area contributed by atoms with Crippen molar-refractivity contribution in [3.05, 3.63) is 65.6 Å². The summed E-state index contributed by atoms with van der Waals surface area (Å²) in [6.45, 7) is 2.28. The Balaban J connectivity index is 2.28. The van der Waals surface area contributed by atoms with Crippen LogP contribution in [0.5, 0.6) is 0 Å². The molecule has 5 heteroatoms. The van der Waals surface area contributed by atoms with Gasteiger partial charge in [-0.05, 0) is 55.2 Å². The van der Waals surface area contributed by atoms with Gasteiger partial charge >= 0.3 is 0 Å². The van der Waals surface area contributed by atoms with Crippen molar-refractivity contribution < 1.29 is 9.18 Å². The molecule has 0 spiro atoms. The first-order valence-corrected chi connectivity index (χ1v) is 9.58. The minimum Gasteiger partial charge on any atom is -0.337 e. The Morgan fingerprint density at radius 2 is 2.08 bits per heavy atom. The van der Waals surface area contributed by atoms with E-state index in [1.54, 1.807) is 17.8 Å². The number of thioether (sulfide) groups is 1. The summed E-state index contributed by atoms with van der Waals surface area (Å²) in [7, 11) is 0. The van der Waals surface area contributed by atoms with E-state index in [9.17, 15) is 9.18 Å². The summed E-state index contributed by atoms with van der Waals surface area (Å²) in [4.78, 5) is 12.4. The number of nitrogens with two attached hydrogens (primary N) is 1. The zero-order valence-corrected chi connectivity index (χ0v) is 15.6. The largest absolute Gasteiger partial charge is 0.337 e. The second-order valence-corrected chi connectivity index (χ2v) is 6.94. The van der Waals surface area contributed by atoms with Crippen molar-refractivity contribution in [1.82, 2.24) is 4.57 Å². The molecule has 0 unspecified atom stereocenters. The molecule has 1 aromatic heterocycles. The molecule has 1 heterocycles. The van der Waals surface area contributed by atoms with Crippen LogP contribution in [0.2, 0.25) is 0 Å². The summed E-state index contributed by atoms with van der Waals surface area (Å²) in [5.74, 6) is -0.267. The van der Waals surface area contributed by atoms with Gasteiger partial charge in [0.05, 0.1) is 6.54 Å². The SMILES string of the molecule is CSc1cccc(-c2c(C)n(C/C(F)=C/CN)c3ccc(C=O)cc23)c1. The molecule has 0 bridgehead atoms. The first kappa shape index (κ1) is 18.4. The highest BCUT2D eigenvalue weighted by Crippen LogP contribution is 2.36. The number of rotatable bonds is 6. The van der Waals surface area contributed by atoms with Crippen molar-refractivity contribution in [3.63, 3.8) is 0 Å². The van der Waals surface area contributed by atoms with Gasteiger partial charge in [-0.3, -0.25) is 4.79 Å². The first-order chi connectivity index (χ1) is 12.6. The van der Waals surface area contributed by atoms with Crippen molar-refractivity contribution in [3.8, 4) is 11.1 Å². The van der Waals surface area contributed by atoms with Gasteiger partial charge in [-0.1, -0.05) is 12.1 Å². The smallest absolute Gasteiger partial charge is 0.150 e. The average Bonchev–Trinajstić information content (AvgIpc) is 2.93. The van der Waals surface area contributed by atoms with E-state index >= 15 is 0 Å². The lowest BCUT2D eigenvalue weighted by Crippen LogP contribution is -2.03. The number of fused-ring (bicyclic) bond motifs is 1. The second-order valence-electron chi connectivity index (χ2n) is 6.06. The molecule has 0 aliphatic rings. The van der Waals surface area contributed by atoms with Gasteiger partial charge in [0, 0.05) is 39.2 Å². The van der Waals surface area contributed by atoms with Crippen LogP contribution in [0.15, 0.2) is 59.3 Å². The van der Waals surface area contributed by atoms with Crippen molar-refractivity contribution in [2.24, 2.45) is 5.73 Å². The predicted molar refractivity (Wildman–Crippen MR) is 108 cm³/mol. The number of hydrogen-bond acceptors (Lipinski definition) is 3. The molecule has 26 heavy (non-hydrogen) atoms. The minimum atomic E-state index is -0.267. The molecule has 2 aromatic carbocycles. The van der Waals surface area contributed by atoms with Gasteiger partial charge in [-0.25, -0.2) is 4.39 Å². The average molecular weight is 368 g/mol. The predicted octanol–water partition coefficient (Wildman–Crippen LogP) is 4.96. The zero-order chi connectivity index (χ0) is 18.7. The first-order valence-electron chi connectivity index (χ1n) is 8.36. The summed E-state index contributed by atoms with van der Waals surface area (Å²) < 4.78 is 16.1. The van der Waals surface area contributed by atoms with Crippen LogP contribution >= 0.6 is 11.8 Å². The molecule has 0 saturated carbocycles. The van der Waals surface area contributed by atoms with Gasteiger partial charge in [-0.2, -0.15) is 0 Å². The normalized spacial score (nSPS) is 11.9. The zero-order valence-electron chi connectivity index (χ0n) is 14.8. The molecule has 134 valence electrons. The third kappa shape index (κ3) is 3.45. The van der Waals surface area contributed by atoms with E-state index in [-0.39, 0.29) is 18.9 Å². The monoisotopic (exact) mass is 368 g/mol. The van der Waals surface area contributed by atoms with Crippen LogP contribution in [0.4, 0.5) is 4.39 Å². The highest BCUT2D eigenvalue weighted by Gasteiger charge is 2.17. The summed E-state index contributed by atoms with van der Waals surface area (Å²) in [5, 5.41) is 0.950. The molecule has 0 saturated heterocycles. The molecular weight excluding hydrogens is 347 g/mol. The number of benzene rings is 2. The number of nitrogens with zero attached hydrogens (tertiary/aromatic N) is 1. The lowest BCUT2D eigenvalue weighted by atomic mass is 10.0. The van der Waals surface area contributed by atoms with Gasteiger partial charge in [0.1, 0.15) is 12.1 Å². The second kappa shape index (κ2) is 7.89. The van der Waals surface area contributed by atoms with E-state index < -0.39 is 0 Å². The number of allylic oxidation sites excluding steroid dienone is 1. The third-order valence-electron chi connectivity index (χ3n) is 4.49. The highest BCUT2D eigenvalue weighted by atomic mass is 32.2. The van der Waals surface area contributed by atoms with Crippen LogP contribution in [-0.4, -0.2) is 23.7 Å². The van der Waals surface area contributed by atoms with Crippen molar-refractivity contribution in [2.45, 2.75) is 18.4 Å². The van der Waals surface area contributed by atoms with Gasteiger partial charge in [0.2, 0.25) is 0 Å². The maximum atomic E-state index is 14.2. The maximum Gasteiger partial charge on any atom is 0.150 e. The molecule has 0 aliphatic heterocycles. The molecule has 0 atom stereocenters. The molecule has 0 fully saturated rings. The molecule has 0 amide bonds. The molecular formula is C21H21FN2OS. The fraction of sp³-hybridized carbons (Fsp3) is 0.190. The van der Waals surface area contributed by atoms with Crippen LogP contribution in [0.3, 0.4) is 0 Å². The van der Waals surface area contributed by atoms with E-state index in [1.165, 1.54) is 6.08 Å². The lowest BCUT2D eigenvalue weighted by Gasteiger charge is -2.08. The number of aromatic nitrogens is 1. The summed E-state index contributed by atoms with van der Waals surface area (Å²) in [6, 6.07) is 13.8. The summed E-state index contributed by atoms with van der Waals surface area (Å²) in [6.07, 6.45) is 4.26. The van der Waals surface area contributed by atoms with Crippen molar-refractivity contribution >= 4 is 29.0 Å². The van der Waals surface area contributed by atoms with Crippen LogP contribution in [0.25, 0.3) is 22.0 Å². The molecule has 3 nitrogen and oxygen atoms in total. The van der Waals surface area contributed by atoms with Crippen LogP contribution in [0, 0.1) is 6.92 Å². The van der Waals surface area contributed by atoms with E-state index in [4.69, 9.17) is 5.73 Å². The summed E-state index contributed by atoms with van der Waals surface area (Å²) in [5.41, 5.74) is 9.99. The van der Waals surface area contributed by atoms with Gasteiger partial charge in [0.15, 0.2) is 0 Å². The van der Waals surface area contributed by atoms with Crippen LogP contribution < -0.4 is 5.73 Å². The van der Waals surface area contributed by atoms with E-state index in [1.807, 2.05) is 42.0 Å². The van der Waals surface area contributed by atoms with E-state index in [0.29, 0.717) is 5.56 Å². The number of hydrogen-bond donors (Lipinski definition) is 1. The lowest BCUT2D eigenvalue weighted by molar-refractivity contribution is 0.112. The number of aldehydes is 1. The Kier molecular flexibility index (Phi) is 5.59. The third-order valence-corrected chi connectivity index (χ3v) is 5.22. The molecule has 2 N–H and O–H groups in total. The number of carbonyl (C=O) groups excluding carboxylic acids is 1. The van der Waals surface area contributed by atoms with Crippen LogP contribution in [-0.2, 0) is 6.54 Å². The Labute approximate surface area is 156 Å². The van der Waals surface area contributed by atoms with Gasteiger partial charge < -0.3 is 10.3 Å². The number of carbonyl (C=O) groups is 1. The Bertz CT molecular complexity index is 991. The molecule has 3 rings (SSSR count). The van der Waals surface area contributed by atoms with E-state index in [2.05, 4.69) is 12.1 Å². The Morgan fingerprint density at radius 3 is 2.77 bits per heavy atom. The maximum absolute atomic E-state index is 14.2. The van der Waals surface area contributed by atoms with Gasteiger partial charge in [0.25, 0.3) is 0 Å². The number of halogens is 1. The van der Waals surface area contributed by atoms with Gasteiger partial charge in [-0.15, -0.1) is 11.8 Å². The minimum absolute atomic E-state index is 0.127. The Hall–Kier alpha value is -2.37. The standard InChI is InChI=1S/C21H21FN2OS/c1-14-21(16-4-3-5-18(11-16)26-2)19-10-15(13-25)6-7-20(19)24(14)12-17(22)8-9-23/h3-8,10-11,13H,9,12,23H2,1-2H3/b17-8-. The van der Waals surface area contributed by atoms with Crippen molar-refractivity contribution in [2.75, 3.05) is 12.8 Å². The fourth-order valence-electron chi connectivity index (χ4n) is 3.26.